The van der Waals surface area contributed by atoms with E-state index in [1.165, 1.54) is 0 Å². The first-order valence-electron chi connectivity index (χ1n) is 6.83. The highest BCUT2D eigenvalue weighted by molar-refractivity contribution is 7.80. The number of aryl methyl sites for hydroxylation is 2. The van der Waals surface area contributed by atoms with Crippen molar-refractivity contribution in [2.45, 2.75) is 20.8 Å². The summed E-state index contributed by atoms with van der Waals surface area (Å²) in [5.41, 5.74) is 5.83. The number of aromatic nitrogens is 2. The lowest BCUT2D eigenvalue weighted by atomic mass is 10.3. The predicted octanol–water partition coefficient (Wildman–Crippen LogP) is 2.37. The van der Waals surface area contributed by atoms with Crippen molar-refractivity contribution in [1.82, 2.24) is 20.5 Å². The van der Waals surface area contributed by atoms with Crippen LogP contribution in [-0.2, 0) is 0 Å². The fraction of sp³-hybridized carbons (Fsp3) is 0.267. The van der Waals surface area contributed by atoms with Gasteiger partial charge in [0.05, 0.1) is 6.21 Å². The Labute approximate surface area is 134 Å². The highest BCUT2D eigenvalue weighted by Crippen LogP contribution is 2.19. The molecule has 0 amide bonds. The molecule has 0 aliphatic heterocycles. The third kappa shape index (κ3) is 3.62. The Morgan fingerprint density at radius 3 is 2.86 bits per heavy atom. The molecule has 0 saturated heterocycles. The molecule has 6 nitrogen and oxygen atoms in total. The number of nitrogens with zero attached hydrogens (tertiary/aromatic N) is 3. The lowest BCUT2D eigenvalue weighted by Crippen LogP contribution is -2.31. The minimum atomic E-state index is 0.456. The first kappa shape index (κ1) is 16.0. The molecule has 0 aliphatic rings. The first-order chi connectivity index (χ1) is 10.5. The Hall–Kier alpha value is -2.41. The van der Waals surface area contributed by atoms with Gasteiger partial charge < -0.3 is 9.84 Å². The largest absolute Gasteiger partial charge is 0.360 e. The standard InChI is InChI=1S/C15H19N5OS/c1-5-6-16-15(22)18-17-9-13-7-10(2)20(12(13)4)14-8-11(3)21-19-14/h5,7-9H,1,6H2,2-4H3,(H2,16,18,22)/b17-9-. The van der Waals surface area contributed by atoms with E-state index >= 15 is 0 Å². The molecule has 0 aliphatic carbocycles. The van der Waals surface area contributed by atoms with Crippen LogP contribution in [0, 0.1) is 20.8 Å². The van der Waals surface area contributed by atoms with Gasteiger partial charge in [-0.1, -0.05) is 11.2 Å². The second kappa shape index (κ2) is 7.04. The molecule has 0 atom stereocenters. The predicted molar refractivity (Wildman–Crippen MR) is 91.6 cm³/mol. The summed E-state index contributed by atoms with van der Waals surface area (Å²) >= 11 is 5.07. The van der Waals surface area contributed by atoms with E-state index in [0.29, 0.717) is 11.7 Å². The molecule has 0 aromatic carbocycles. The maximum atomic E-state index is 5.14. The summed E-state index contributed by atoms with van der Waals surface area (Å²) in [5.74, 6) is 1.54. The van der Waals surface area contributed by atoms with Crippen molar-refractivity contribution in [2.75, 3.05) is 6.54 Å². The highest BCUT2D eigenvalue weighted by Gasteiger charge is 2.12. The van der Waals surface area contributed by atoms with Crippen LogP contribution in [-0.4, -0.2) is 27.6 Å². The zero-order valence-electron chi connectivity index (χ0n) is 12.9. The lowest BCUT2D eigenvalue weighted by Gasteiger charge is -2.04. The van der Waals surface area contributed by atoms with Gasteiger partial charge in [0.1, 0.15) is 5.76 Å². The molecular weight excluding hydrogens is 298 g/mol. The minimum Gasteiger partial charge on any atom is -0.360 e. The van der Waals surface area contributed by atoms with Crippen molar-refractivity contribution in [3.8, 4) is 5.82 Å². The van der Waals surface area contributed by atoms with Gasteiger partial charge >= 0.3 is 0 Å². The van der Waals surface area contributed by atoms with Crippen molar-refractivity contribution < 1.29 is 4.52 Å². The molecule has 0 spiro atoms. The smallest absolute Gasteiger partial charge is 0.187 e. The fourth-order valence-electron chi connectivity index (χ4n) is 2.09. The number of hydrogen-bond donors (Lipinski definition) is 2. The quantitative estimate of drug-likeness (QED) is 0.383. The van der Waals surface area contributed by atoms with Crippen molar-refractivity contribution in [3.63, 3.8) is 0 Å². The molecular formula is C15H19N5OS. The van der Waals surface area contributed by atoms with Crippen LogP contribution in [0.2, 0.25) is 0 Å². The molecule has 2 rings (SSSR count). The van der Waals surface area contributed by atoms with E-state index in [1.807, 2.05) is 37.5 Å². The summed E-state index contributed by atoms with van der Waals surface area (Å²) in [4.78, 5) is 0. The van der Waals surface area contributed by atoms with Gasteiger partial charge in [-0.25, -0.2) is 0 Å². The molecule has 2 heterocycles. The van der Waals surface area contributed by atoms with E-state index < -0.39 is 0 Å². The Morgan fingerprint density at radius 2 is 2.23 bits per heavy atom. The van der Waals surface area contributed by atoms with Crippen LogP contribution < -0.4 is 10.7 Å². The number of nitrogens with one attached hydrogen (secondary N) is 2. The zero-order valence-corrected chi connectivity index (χ0v) is 13.7. The molecule has 7 heteroatoms. The van der Waals surface area contributed by atoms with Gasteiger partial charge in [-0.2, -0.15) is 5.10 Å². The highest BCUT2D eigenvalue weighted by atomic mass is 32.1. The maximum Gasteiger partial charge on any atom is 0.187 e. The Morgan fingerprint density at radius 1 is 1.45 bits per heavy atom. The third-order valence-corrected chi connectivity index (χ3v) is 3.33. The molecule has 22 heavy (non-hydrogen) atoms. The van der Waals surface area contributed by atoms with Crippen LogP contribution in [0.15, 0.2) is 34.4 Å². The van der Waals surface area contributed by atoms with Crippen LogP contribution in [0.5, 0.6) is 0 Å². The number of thiocarbonyl (C=S) groups is 1. The average Bonchev–Trinajstić information content (AvgIpc) is 3.01. The van der Waals surface area contributed by atoms with Gasteiger partial charge in [0.25, 0.3) is 0 Å². The van der Waals surface area contributed by atoms with E-state index in [9.17, 15) is 0 Å². The molecule has 0 bridgehead atoms. The Balaban J connectivity index is 2.13. The summed E-state index contributed by atoms with van der Waals surface area (Å²) in [6, 6.07) is 3.93. The maximum absolute atomic E-state index is 5.14. The van der Waals surface area contributed by atoms with Gasteiger partial charge in [0.2, 0.25) is 0 Å². The normalized spacial score (nSPS) is 10.9. The SMILES string of the molecule is C=CCNC(=S)N/N=C\c1cc(C)n(-c2cc(C)on2)c1C. The van der Waals surface area contributed by atoms with E-state index in [0.717, 1.165) is 28.5 Å². The summed E-state index contributed by atoms with van der Waals surface area (Å²) < 4.78 is 7.16. The van der Waals surface area contributed by atoms with Crippen molar-refractivity contribution in [3.05, 3.63) is 47.5 Å². The molecule has 0 fully saturated rings. The minimum absolute atomic E-state index is 0.456. The Bertz CT molecular complexity index is 714. The van der Waals surface area contributed by atoms with E-state index in [-0.39, 0.29) is 0 Å². The second-order valence-corrected chi connectivity index (χ2v) is 5.23. The van der Waals surface area contributed by atoms with Crippen LogP contribution in [0.4, 0.5) is 0 Å². The summed E-state index contributed by atoms with van der Waals surface area (Å²) in [6.45, 7) is 10.1. The van der Waals surface area contributed by atoms with Crippen LogP contribution in [0.25, 0.3) is 5.82 Å². The van der Waals surface area contributed by atoms with Gasteiger partial charge in [0, 0.05) is 29.6 Å². The molecule has 116 valence electrons. The second-order valence-electron chi connectivity index (χ2n) is 4.83. The molecule has 0 saturated carbocycles. The Kier molecular flexibility index (Phi) is 5.11. The summed E-state index contributed by atoms with van der Waals surface area (Å²) in [7, 11) is 0. The van der Waals surface area contributed by atoms with Gasteiger partial charge in [-0.3, -0.25) is 9.99 Å². The van der Waals surface area contributed by atoms with Crippen molar-refractivity contribution in [2.24, 2.45) is 5.10 Å². The monoisotopic (exact) mass is 317 g/mol. The summed E-state index contributed by atoms with van der Waals surface area (Å²) in [5, 5.41) is 11.6. The lowest BCUT2D eigenvalue weighted by molar-refractivity contribution is 0.394. The van der Waals surface area contributed by atoms with Gasteiger partial charge in [0.15, 0.2) is 10.9 Å². The number of hydrazone groups is 1. The van der Waals surface area contributed by atoms with Gasteiger partial charge in [-0.15, -0.1) is 6.58 Å². The zero-order chi connectivity index (χ0) is 16.1. The third-order valence-electron chi connectivity index (χ3n) is 3.09. The number of rotatable bonds is 5. The molecule has 0 unspecified atom stereocenters. The van der Waals surface area contributed by atoms with Crippen LogP contribution in [0.1, 0.15) is 22.7 Å². The van der Waals surface area contributed by atoms with E-state index in [2.05, 4.69) is 27.6 Å². The van der Waals surface area contributed by atoms with Crippen molar-refractivity contribution >= 4 is 23.5 Å². The fourth-order valence-corrected chi connectivity index (χ4v) is 2.23. The average molecular weight is 317 g/mol. The topological polar surface area (TPSA) is 67.4 Å². The molecule has 0 radical (unpaired) electrons. The first-order valence-corrected chi connectivity index (χ1v) is 7.24. The molecule has 2 aromatic heterocycles. The van der Waals surface area contributed by atoms with Crippen LogP contribution >= 0.6 is 12.2 Å². The summed E-state index contributed by atoms with van der Waals surface area (Å²) in [6.07, 6.45) is 3.46. The van der Waals surface area contributed by atoms with Gasteiger partial charge in [-0.05, 0) is 39.1 Å². The molecule has 2 N–H and O–H groups in total. The van der Waals surface area contributed by atoms with E-state index in [1.54, 1.807) is 12.3 Å². The molecule has 2 aromatic rings. The van der Waals surface area contributed by atoms with Crippen molar-refractivity contribution in [1.29, 1.82) is 0 Å². The van der Waals surface area contributed by atoms with E-state index in [4.69, 9.17) is 16.7 Å². The van der Waals surface area contributed by atoms with Crippen LogP contribution in [0.3, 0.4) is 0 Å². The number of hydrogen-bond acceptors (Lipinski definition) is 4.